The molecule has 0 unspecified atom stereocenters. The largest absolute Gasteiger partial charge is 0.462 e. The Bertz CT molecular complexity index is 173. The Morgan fingerprint density at radius 1 is 1.64 bits per heavy atom. The molecule has 3 nitrogen and oxygen atoms in total. The smallest absolute Gasteiger partial charge is 0.339 e. The molecule has 0 bridgehead atoms. The Balaban J connectivity index is 3.83. The van der Waals surface area contributed by atoms with E-state index in [4.69, 9.17) is 0 Å². The van der Waals surface area contributed by atoms with Gasteiger partial charge in [0.25, 0.3) is 0 Å². The minimum absolute atomic E-state index is 0.300. The van der Waals surface area contributed by atoms with E-state index in [0.717, 1.165) is 0 Å². The number of carbonyl (C=O) groups is 1. The quantitative estimate of drug-likeness (QED) is 0.347. The number of ether oxygens (including phenoxy) is 1. The molecule has 0 aliphatic rings. The predicted molar refractivity (Wildman–Crippen MR) is 44.8 cm³/mol. The Hall–Kier alpha value is -1.12. The maximum absolute atomic E-state index is 10.8. The van der Waals surface area contributed by atoms with Crippen molar-refractivity contribution in [3.05, 3.63) is 12.2 Å². The van der Waals surface area contributed by atoms with Crippen LogP contribution in [0, 0.1) is 0 Å². The van der Waals surface area contributed by atoms with Gasteiger partial charge in [0.15, 0.2) is 0 Å². The summed E-state index contributed by atoms with van der Waals surface area (Å²) in [5, 5.41) is 0. The van der Waals surface area contributed by atoms with Crippen LogP contribution in [-0.2, 0) is 9.53 Å². The molecule has 0 heterocycles. The molecule has 0 fully saturated rings. The van der Waals surface area contributed by atoms with Crippen LogP contribution in [0.25, 0.3) is 0 Å². The van der Waals surface area contributed by atoms with E-state index in [2.05, 4.69) is 16.3 Å². The van der Waals surface area contributed by atoms with Crippen molar-refractivity contribution in [2.75, 3.05) is 13.2 Å². The molecule has 0 aromatic carbocycles. The molecule has 0 rings (SSSR count). The highest BCUT2D eigenvalue weighted by Gasteiger charge is 2.02. The Labute approximate surface area is 66.8 Å². The zero-order valence-electron chi connectivity index (χ0n) is 6.96. The lowest BCUT2D eigenvalue weighted by Gasteiger charge is -1.98. The molecule has 0 aliphatic heterocycles. The number of esters is 1. The second-order valence-corrected chi connectivity index (χ2v) is 1.87. The fraction of sp³-hybridized carbons (Fsp3) is 0.500. The molecule has 0 aliphatic carbocycles. The number of nitrogens with zero attached hydrogens (tertiary/aromatic N) is 1. The summed E-state index contributed by atoms with van der Waals surface area (Å²) in [5.74, 6) is -0.398. The van der Waals surface area contributed by atoms with Gasteiger partial charge in [-0.15, -0.1) is 0 Å². The number of hydrogen-bond acceptors (Lipinski definition) is 3. The molecule has 0 aromatic heterocycles. The van der Waals surface area contributed by atoms with E-state index in [9.17, 15) is 4.79 Å². The molecule has 0 saturated heterocycles. The van der Waals surface area contributed by atoms with Gasteiger partial charge in [0, 0.05) is 12.8 Å². The van der Waals surface area contributed by atoms with E-state index < -0.39 is 5.97 Å². The summed E-state index contributed by atoms with van der Waals surface area (Å²) in [7, 11) is 0. The molecule has 0 spiro atoms. The van der Waals surface area contributed by atoms with E-state index in [0.29, 0.717) is 18.7 Å². The lowest BCUT2D eigenvalue weighted by molar-refractivity contribution is -0.137. The van der Waals surface area contributed by atoms with E-state index in [1.165, 1.54) is 6.21 Å². The summed E-state index contributed by atoms with van der Waals surface area (Å²) >= 11 is 0. The van der Waals surface area contributed by atoms with E-state index in [1.54, 1.807) is 6.92 Å². The molecule has 11 heavy (non-hydrogen) atoms. The molecule has 0 atom stereocenters. The molecular weight excluding hydrogens is 142 g/mol. The van der Waals surface area contributed by atoms with Gasteiger partial charge in [0.05, 0.1) is 12.2 Å². The highest BCUT2D eigenvalue weighted by Crippen LogP contribution is 1.90. The molecule has 62 valence electrons. The lowest BCUT2D eigenvalue weighted by Crippen LogP contribution is -2.07. The first-order chi connectivity index (χ1) is 5.22. The number of aliphatic imine (C=N–C) groups is 1. The maximum atomic E-state index is 10.8. The Morgan fingerprint density at radius 2 is 2.27 bits per heavy atom. The van der Waals surface area contributed by atoms with Crippen molar-refractivity contribution in [2.45, 2.75) is 13.8 Å². The van der Waals surface area contributed by atoms with Crippen molar-refractivity contribution in [1.82, 2.24) is 0 Å². The summed E-state index contributed by atoms with van der Waals surface area (Å²) in [4.78, 5) is 14.7. The minimum Gasteiger partial charge on any atom is -0.462 e. The first-order valence-electron chi connectivity index (χ1n) is 3.58. The predicted octanol–water partition coefficient (Wildman–Crippen LogP) is 1.20. The van der Waals surface area contributed by atoms with Crippen LogP contribution in [-0.4, -0.2) is 25.3 Å². The molecule has 0 aromatic rings. The Morgan fingerprint density at radius 3 is 2.73 bits per heavy atom. The molecule has 0 amide bonds. The number of rotatable bonds is 4. The van der Waals surface area contributed by atoms with E-state index in [-0.39, 0.29) is 0 Å². The molecule has 0 saturated carbocycles. The Kier molecular flexibility index (Phi) is 5.07. The first kappa shape index (κ1) is 9.88. The van der Waals surface area contributed by atoms with Crippen LogP contribution < -0.4 is 0 Å². The standard InChI is InChI=1S/C8H13NO2/c1-4-9-6-7(3)8(10)11-5-2/h6H,3-5H2,1-2H3/b9-6-. The molecule has 0 N–H and O–H groups in total. The minimum atomic E-state index is -0.398. The van der Waals surface area contributed by atoms with Gasteiger partial charge < -0.3 is 4.74 Å². The fourth-order valence-corrected chi connectivity index (χ4v) is 0.478. The lowest BCUT2D eigenvalue weighted by atomic mass is 10.3. The van der Waals surface area contributed by atoms with Crippen molar-refractivity contribution in [3.8, 4) is 0 Å². The van der Waals surface area contributed by atoms with Crippen LogP contribution in [0.1, 0.15) is 13.8 Å². The zero-order valence-corrected chi connectivity index (χ0v) is 6.96. The fourth-order valence-electron chi connectivity index (χ4n) is 0.478. The highest BCUT2D eigenvalue weighted by molar-refractivity contribution is 6.08. The van der Waals surface area contributed by atoms with Crippen LogP contribution in [0.5, 0.6) is 0 Å². The summed E-state index contributed by atoms with van der Waals surface area (Å²) in [5.41, 5.74) is 0.300. The number of carbonyl (C=O) groups excluding carboxylic acids is 1. The van der Waals surface area contributed by atoms with Gasteiger partial charge in [-0.05, 0) is 13.8 Å². The molecular formula is C8H13NO2. The van der Waals surface area contributed by atoms with Crippen molar-refractivity contribution in [1.29, 1.82) is 0 Å². The van der Waals surface area contributed by atoms with Crippen LogP contribution >= 0.6 is 0 Å². The molecule has 3 heteroatoms. The third kappa shape index (κ3) is 4.31. The maximum Gasteiger partial charge on any atom is 0.339 e. The van der Waals surface area contributed by atoms with Crippen molar-refractivity contribution in [2.24, 2.45) is 4.99 Å². The van der Waals surface area contributed by atoms with Gasteiger partial charge in [-0.2, -0.15) is 0 Å². The number of hydrogen-bond donors (Lipinski definition) is 0. The summed E-state index contributed by atoms with van der Waals surface area (Å²) in [6.45, 7) is 8.15. The van der Waals surface area contributed by atoms with E-state index in [1.807, 2.05) is 6.92 Å². The normalized spacial score (nSPS) is 10.0. The van der Waals surface area contributed by atoms with Gasteiger partial charge in [-0.1, -0.05) is 6.58 Å². The van der Waals surface area contributed by atoms with Crippen LogP contribution in [0.4, 0.5) is 0 Å². The summed E-state index contributed by atoms with van der Waals surface area (Å²) in [6.07, 6.45) is 1.43. The summed E-state index contributed by atoms with van der Waals surface area (Å²) in [6, 6.07) is 0. The third-order valence-corrected chi connectivity index (χ3v) is 0.967. The van der Waals surface area contributed by atoms with Gasteiger partial charge in [0.2, 0.25) is 0 Å². The topological polar surface area (TPSA) is 38.7 Å². The monoisotopic (exact) mass is 155 g/mol. The SMILES string of the molecule is C=C(/C=N\CC)C(=O)OCC. The zero-order chi connectivity index (χ0) is 8.69. The van der Waals surface area contributed by atoms with Gasteiger partial charge in [0.1, 0.15) is 0 Å². The van der Waals surface area contributed by atoms with Crippen LogP contribution in [0.3, 0.4) is 0 Å². The van der Waals surface area contributed by atoms with Gasteiger partial charge >= 0.3 is 5.97 Å². The van der Waals surface area contributed by atoms with Crippen molar-refractivity contribution >= 4 is 12.2 Å². The summed E-state index contributed by atoms with van der Waals surface area (Å²) < 4.78 is 4.67. The van der Waals surface area contributed by atoms with E-state index >= 15 is 0 Å². The second kappa shape index (κ2) is 5.65. The van der Waals surface area contributed by atoms with Gasteiger partial charge in [-0.25, -0.2) is 4.79 Å². The van der Waals surface area contributed by atoms with Gasteiger partial charge in [-0.3, -0.25) is 4.99 Å². The average Bonchev–Trinajstić information content (AvgIpc) is 2.00. The average molecular weight is 155 g/mol. The molecule has 0 radical (unpaired) electrons. The van der Waals surface area contributed by atoms with Crippen LogP contribution in [0.15, 0.2) is 17.1 Å². The van der Waals surface area contributed by atoms with Crippen LogP contribution in [0.2, 0.25) is 0 Å². The second-order valence-electron chi connectivity index (χ2n) is 1.87. The van der Waals surface area contributed by atoms with Crippen molar-refractivity contribution in [3.63, 3.8) is 0 Å². The highest BCUT2D eigenvalue weighted by atomic mass is 16.5. The van der Waals surface area contributed by atoms with Crippen molar-refractivity contribution < 1.29 is 9.53 Å². The first-order valence-corrected chi connectivity index (χ1v) is 3.58. The third-order valence-electron chi connectivity index (χ3n) is 0.967.